The number of aromatic nitrogens is 3. The van der Waals surface area contributed by atoms with Gasteiger partial charge in [0, 0.05) is 17.4 Å². The molecule has 3 aromatic rings. The smallest absolute Gasteiger partial charge is 0.284 e. The number of methoxy groups -OCH3 is 1. The van der Waals surface area contributed by atoms with Crippen LogP contribution in [0.1, 0.15) is 0 Å². The van der Waals surface area contributed by atoms with Crippen molar-refractivity contribution in [2.24, 2.45) is 10.2 Å². The van der Waals surface area contributed by atoms with E-state index in [-0.39, 0.29) is 20.8 Å². The average Bonchev–Trinajstić information content (AvgIpc) is 3.05. The van der Waals surface area contributed by atoms with E-state index in [2.05, 4.69) is 35.9 Å². The molecule has 2 aromatic carbocycles. The van der Waals surface area contributed by atoms with E-state index in [4.69, 9.17) is 40.2 Å². The first-order valence-corrected chi connectivity index (χ1v) is 11.3. The maximum atomic E-state index is 12.7. The normalized spacial score (nSPS) is 15.8. The fourth-order valence-electron chi connectivity index (χ4n) is 2.69. The maximum absolute atomic E-state index is 12.7. The number of rotatable bonds is 7. The molecular weight excluding hydrogens is 507 g/mol. The Morgan fingerprint density at radius 3 is 2.52 bits per heavy atom. The van der Waals surface area contributed by atoms with Crippen LogP contribution in [-0.4, -0.2) is 42.7 Å². The molecule has 0 aliphatic carbocycles. The van der Waals surface area contributed by atoms with Crippen molar-refractivity contribution < 1.29 is 9.53 Å². The summed E-state index contributed by atoms with van der Waals surface area (Å²) in [5, 5.41) is 11.5. The van der Waals surface area contributed by atoms with Gasteiger partial charge in [0.1, 0.15) is 11.4 Å². The lowest BCUT2D eigenvalue weighted by Gasteiger charge is -2.15. The third-order valence-corrected chi connectivity index (χ3v) is 5.84. The molecule has 0 spiro atoms. The minimum Gasteiger partial charge on any atom is -0.494 e. The molecule has 1 unspecified atom stereocenters. The maximum Gasteiger partial charge on any atom is 0.284 e. The van der Waals surface area contributed by atoms with E-state index in [1.807, 2.05) is 36.4 Å². The highest BCUT2D eigenvalue weighted by atomic mass is 35.5. The van der Waals surface area contributed by atoms with Crippen LogP contribution >= 0.6 is 47.2 Å². The molecule has 1 aliphatic heterocycles. The molecule has 1 aliphatic rings. The van der Waals surface area contributed by atoms with E-state index < -0.39 is 11.3 Å². The number of carbonyl (C=O) groups excluding carboxylic acids is 1. The molecule has 1 aromatic heterocycles. The predicted octanol–water partition coefficient (Wildman–Crippen LogP) is 5.23. The number of carbonyl (C=O) groups is 1. The Kier molecular flexibility index (Phi) is 7.18. The molecule has 1 amide bonds. The summed E-state index contributed by atoms with van der Waals surface area (Å²) in [5.74, 6) is 0.00181. The highest BCUT2D eigenvalue weighted by Crippen LogP contribution is 2.34. The minimum absolute atomic E-state index is 0.0305. The Bertz CT molecular complexity index is 1210. The summed E-state index contributed by atoms with van der Waals surface area (Å²) in [6.45, 7) is 0. The zero-order valence-electron chi connectivity index (χ0n) is 16.8. The molecule has 2 heterocycles. The lowest BCUT2D eigenvalue weighted by Crippen LogP contribution is -2.36. The number of halogens is 2. The predicted molar refractivity (Wildman–Crippen MR) is 132 cm³/mol. The van der Waals surface area contributed by atoms with Gasteiger partial charge >= 0.3 is 0 Å². The molecule has 33 heavy (non-hydrogen) atoms. The van der Waals surface area contributed by atoms with Crippen LogP contribution in [-0.2, 0) is 4.79 Å². The summed E-state index contributed by atoms with van der Waals surface area (Å²) in [5.41, 5.74) is 4.86. The van der Waals surface area contributed by atoms with Crippen molar-refractivity contribution in [3.05, 3.63) is 59.1 Å². The number of hydrogen-bond donors (Lipinski definition) is 2. The Balaban J connectivity index is 1.47. The minimum atomic E-state index is -0.899. The molecule has 14 heteroatoms. The van der Waals surface area contributed by atoms with Crippen molar-refractivity contribution in [3.63, 3.8) is 0 Å². The number of ether oxygens (including phenoxy) is 1. The SMILES string of the molecule is COc1cc(Nc2ccccc2)ccc1N=NC1SC(=S)N(Nc2nc(Cl)nc(Cl)n2)C1=O. The third-order valence-electron chi connectivity index (χ3n) is 4.13. The number of hydrogen-bond acceptors (Lipinski definition) is 11. The number of hydrazine groups is 1. The molecule has 1 saturated heterocycles. The van der Waals surface area contributed by atoms with E-state index in [0.29, 0.717) is 11.4 Å². The fraction of sp³-hybridized carbons (Fsp3) is 0.105. The second-order valence-electron chi connectivity index (χ2n) is 6.31. The quantitative estimate of drug-likeness (QED) is 0.318. The van der Waals surface area contributed by atoms with Crippen LogP contribution in [0.2, 0.25) is 10.6 Å². The second-order valence-corrected chi connectivity index (χ2v) is 8.70. The van der Waals surface area contributed by atoms with Gasteiger partial charge in [-0.1, -0.05) is 42.2 Å². The van der Waals surface area contributed by atoms with Crippen molar-refractivity contribution in [1.82, 2.24) is 20.0 Å². The van der Waals surface area contributed by atoms with E-state index in [1.165, 1.54) is 7.11 Å². The summed E-state index contributed by atoms with van der Waals surface area (Å²) >= 11 is 17.8. The number of nitrogens with zero attached hydrogens (tertiary/aromatic N) is 6. The second kappa shape index (κ2) is 10.3. The number of nitrogens with one attached hydrogen (secondary N) is 2. The number of para-hydroxylation sites is 1. The van der Waals surface area contributed by atoms with Gasteiger partial charge in [0.25, 0.3) is 5.91 Å². The first-order valence-electron chi connectivity index (χ1n) is 9.22. The van der Waals surface area contributed by atoms with Crippen LogP contribution in [0.5, 0.6) is 5.75 Å². The van der Waals surface area contributed by atoms with E-state index in [9.17, 15) is 4.79 Å². The zero-order chi connectivity index (χ0) is 23.4. The lowest BCUT2D eigenvalue weighted by atomic mass is 10.2. The van der Waals surface area contributed by atoms with Gasteiger partial charge in [-0.2, -0.15) is 25.2 Å². The fourth-order valence-corrected chi connectivity index (χ4v) is 4.19. The van der Waals surface area contributed by atoms with Crippen molar-refractivity contribution in [1.29, 1.82) is 0 Å². The number of benzene rings is 2. The van der Waals surface area contributed by atoms with Gasteiger partial charge in [-0.25, -0.2) is 5.01 Å². The van der Waals surface area contributed by atoms with Crippen molar-refractivity contribution in [2.75, 3.05) is 17.9 Å². The molecule has 168 valence electrons. The van der Waals surface area contributed by atoms with Crippen molar-refractivity contribution in [2.45, 2.75) is 5.37 Å². The molecule has 0 radical (unpaired) electrons. The van der Waals surface area contributed by atoms with Gasteiger partial charge in [-0.05, 0) is 47.5 Å². The molecule has 0 saturated carbocycles. The van der Waals surface area contributed by atoms with E-state index in [1.54, 1.807) is 12.1 Å². The van der Waals surface area contributed by atoms with Gasteiger partial charge < -0.3 is 10.1 Å². The van der Waals surface area contributed by atoms with Crippen LogP contribution in [0.4, 0.5) is 23.0 Å². The topological polar surface area (TPSA) is 117 Å². The summed E-state index contributed by atoms with van der Waals surface area (Å²) in [7, 11) is 1.53. The molecule has 4 rings (SSSR count). The highest BCUT2D eigenvalue weighted by Gasteiger charge is 2.38. The Morgan fingerprint density at radius 2 is 1.82 bits per heavy atom. The molecule has 1 atom stereocenters. The summed E-state index contributed by atoms with van der Waals surface area (Å²) in [6.07, 6.45) is 0. The van der Waals surface area contributed by atoms with Gasteiger partial charge in [0.15, 0.2) is 4.32 Å². The van der Waals surface area contributed by atoms with Gasteiger partial charge in [0.2, 0.25) is 21.9 Å². The van der Waals surface area contributed by atoms with Crippen LogP contribution in [0.15, 0.2) is 58.8 Å². The number of thiocarbonyl (C=S) groups is 1. The number of amides is 1. The largest absolute Gasteiger partial charge is 0.494 e. The highest BCUT2D eigenvalue weighted by molar-refractivity contribution is 8.24. The first-order chi connectivity index (χ1) is 15.9. The van der Waals surface area contributed by atoms with Crippen LogP contribution in [0, 0.1) is 0 Å². The van der Waals surface area contributed by atoms with Crippen LogP contribution in [0.25, 0.3) is 0 Å². The molecular formula is C19H14Cl2N8O2S2. The molecule has 2 N–H and O–H groups in total. The third kappa shape index (κ3) is 5.66. The number of thioether (sulfide) groups is 1. The number of anilines is 3. The van der Waals surface area contributed by atoms with E-state index in [0.717, 1.165) is 28.1 Å². The van der Waals surface area contributed by atoms with Crippen molar-refractivity contribution in [3.8, 4) is 5.75 Å². The van der Waals surface area contributed by atoms with E-state index >= 15 is 0 Å². The molecule has 1 fully saturated rings. The monoisotopic (exact) mass is 520 g/mol. The molecule has 10 nitrogen and oxygen atoms in total. The summed E-state index contributed by atoms with van der Waals surface area (Å²) < 4.78 is 5.64. The van der Waals surface area contributed by atoms with Gasteiger partial charge in [0.05, 0.1) is 7.11 Å². The lowest BCUT2D eigenvalue weighted by molar-refractivity contribution is -0.125. The van der Waals surface area contributed by atoms with Crippen LogP contribution in [0.3, 0.4) is 0 Å². The average molecular weight is 521 g/mol. The Labute approximate surface area is 207 Å². The molecule has 0 bridgehead atoms. The van der Waals surface area contributed by atoms with Crippen molar-refractivity contribution >= 4 is 80.4 Å². The van der Waals surface area contributed by atoms with Gasteiger partial charge in [-0.15, -0.1) is 0 Å². The number of azo groups is 1. The first kappa shape index (κ1) is 23.1. The summed E-state index contributed by atoms with van der Waals surface area (Å²) in [6, 6.07) is 15.1. The summed E-state index contributed by atoms with van der Waals surface area (Å²) in [4.78, 5) is 24.1. The van der Waals surface area contributed by atoms with Crippen LogP contribution < -0.4 is 15.5 Å². The Hall–Kier alpha value is -3.06. The van der Waals surface area contributed by atoms with Gasteiger partial charge in [-0.3, -0.25) is 10.2 Å². The zero-order valence-corrected chi connectivity index (χ0v) is 19.9. The standard InChI is InChI=1S/C19H14Cl2N8O2S2/c1-31-13-9-11(22-10-5-3-2-4-6-10)7-8-12(13)26-27-14-15(30)29(19(32)33-14)28-18-24-16(20)23-17(21)25-18/h2-9,14,22H,1H3,(H,23,24,25,28). The Morgan fingerprint density at radius 1 is 1.09 bits per heavy atom.